The number of ether oxygens (including phenoxy) is 1. The first-order chi connectivity index (χ1) is 4.81. The maximum atomic E-state index is 5.70. The molecule has 0 saturated heterocycles. The van der Waals surface area contributed by atoms with Gasteiger partial charge in [0.15, 0.2) is 0 Å². The van der Waals surface area contributed by atoms with Gasteiger partial charge in [0, 0.05) is 12.6 Å². The molecule has 10 heavy (non-hydrogen) atoms. The third kappa shape index (κ3) is 6.05. The van der Waals surface area contributed by atoms with Gasteiger partial charge < -0.3 is 10.5 Å². The molecule has 2 nitrogen and oxygen atoms in total. The molecule has 0 radical (unpaired) electrons. The highest BCUT2D eigenvalue weighted by Crippen LogP contribution is 1.93. The van der Waals surface area contributed by atoms with Gasteiger partial charge in [-0.2, -0.15) is 0 Å². The molecule has 2 heteroatoms. The highest BCUT2D eigenvalue weighted by atomic mass is 16.5. The summed E-state index contributed by atoms with van der Waals surface area (Å²) in [4.78, 5) is 0. The second-order valence-corrected chi connectivity index (χ2v) is 2.62. The van der Waals surface area contributed by atoms with E-state index in [0.717, 1.165) is 32.5 Å². The average Bonchev–Trinajstić information content (AvgIpc) is 1.89. The standard InChI is InChI=1S/C8H19NO/c1-3-5-8(9)7-10-6-4-2/h8H,3-7,9H2,1-2H3. The van der Waals surface area contributed by atoms with Crippen LogP contribution in [0.5, 0.6) is 0 Å². The highest BCUT2D eigenvalue weighted by Gasteiger charge is 1.98. The van der Waals surface area contributed by atoms with E-state index in [2.05, 4.69) is 13.8 Å². The largest absolute Gasteiger partial charge is 0.380 e. The zero-order valence-electron chi connectivity index (χ0n) is 7.10. The van der Waals surface area contributed by atoms with Crippen LogP contribution in [0.4, 0.5) is 0 Å². The van der Waals surface area contributed by atoms with Crippen LogP contribution in [0, 0.1) is 0 Å². The summed E-state index contributed by atoms with van der Waals surface area (Å²) in [6.07, 6.45) is 3.30. The number of rotatable bonds is 6. The molecular formula is C8H19NO. The summed E-state index contributed by atoms with van der Waals surface area (Å²) in [5, 5.41) is 0. The zero-order valence-corrected chi connectivity index (χ0v) is 7.10. The minimum atomic E-state index is 0.247. The van der Waals surface area contributed by atoms with Crippen LogP contribution in [-0.2, 0) is 4.74 Å². The fourth-order valence-electron chi connectivity index (χ4n) is 0.833. The van der Waals surface area contributed by atoms with Crippen LogP contribution in [0.2, 0.25) is 0 Å². The van der Waals surface area contributed by atoms with Gasteiger partial charge in [-0.25, -0.2) is 0 Å². The zero-order chi connectivity index (χ0) is 7.82. The molecule has 0 aromatic carbocycles. The predicted molar refractivity (Wildman–Crippen MR) is 44.0 cm³/mol. The molecule has 0 heterocycles. The first-order valence-corrected chi connectivity index (χ1v) is 4.14. The van der Waals surface area contributed by atoms with E-state index in [1.165, 1.54) is 0 Å². The van der Waals surface area contributed by atoms with Crippen molar-refractivity contribution in [2.75, 3.05) is 13.2 Å². The topological polar surface area (TPSA) is 35.2 Å². The van der Waals surface area contributed by atoms with Gasteiger partial charge >= 0.3 is 0 Å². The summed E-state index contributed by atoms with van der Waals surface area (Å²) in [6.45, 7) is 5.81. The lowest BCUT2D eigenvalue weighted by atomic mass is 10.2. The van der Waals surface area contributed by atoms with Crippen molar-refractivity contribution >= 4 is 0 Å². The summed E-state index contributed by atoms with van der Waals surface area (Å²) in [5.41, 5.74) is 5.70. The minimum absolute atomic E-state index is 0.247. The molecule has 62 valence electrons. The quantitative estimate of drug-likeness (QED) is 0.575. The summed E-state index contributed by atoms with van der Waals surface area (Å²) in [5.74, 6) is 0. The van der Waals surface area contributed by atoms with Gasteiger partial charge in [-0.1, -0.05) is 20.3 Å². The highest BCUT2D eigenvalue weighted by molar-refractivity contribution is 4.57. The molecule has 0 aliphatic rings. The van der Waals surface area contributed by atoms with Gasteiger partial charge in [0.1, 0.15) is 0 Å². The molecule has 0 bridgehead atoms. The molecule has 1 atom stereocenters. The molecule has 0 aliphatic heterocycles. The summed E-state index contributed by atoms with van der Waals surface area (Å²) >= 11 is 0. The van der Waals surface area contributed by atoms with Crippen LogP contribution >= 0.6 is 0 Å². The lowest BCUT2D eigenvalue weighted by molar-refractivity contribution is 0.119. The van der Waals surface area contributed by atoms with Crippen molar-refractivity contribution in [2.45, 2.75) is 39.2 Å². The third-order valence-electron chi connectivity index (χ3n) is 1.34. The molecule has 0 spiro atoms. The molecule has 0 rings (SSSR count). The van der Waals surface area contributed by atoms with Crippen molar-refractivity contribution in [2.24, 2.45) is 5.73 Å². The first-order valence-electron chi connectivity index (χ1n) is 4.14. The number of nitrogens with two attached hydrogens (primary N) is 1. The molecular weight excluding hydrogens is 126 g/mol. The van der Waals surface area contributed by atoms with Crippen LogP contribution < -0.4 is 5.73 Å². The van der Waals surface area contributed by atoms with E-state index >= 15 is 0 Å². The van der Waals surface area contributed by atoms with Crippen molar-refractivity contribution in [1.82, 2.24) is 0 Å². The Labute approximate surface area is 63.7 Å². The van der Waals surface area contributed by atoms with Gasteiger partial charge in [0.25, 0.3) is 0 Å². The predicted octanol–water partition coefficient (Wildman–Crippen LogP) is 1.54. The Morgan fingerprint density at radius 2 is 2.00 bits per heavy atom. The van der Waals surface area contributed by atoms with Crippen LogP contribution in [0.25, 0.3) is 0 Å². The van der Waals surface area contributed by atoms with Gasteiger partial charge in [0.2, 0.25) is 0 Å². The maximum Gasteiger partial charge on any atom is 0.0617 e. The molecule has 2 N–H and O–H groups in total. The lowest BCUT2D eigenvalue weighted by Gasteiger charge is -2.09. The maximum absolute atomic E-state index is 5.70. The fourth-order valence-corrected chi connectivity index (χ4v) is 0.833. The van der Waals surface area contributed by atoms with E-state index in [0.29, 0.717) is 0 Å². The Hall–Kier alpha value is -0.0800. The molecule has 0 aromatic rings. The molecule has 0 saturated carbocycles. The third-order valence-corrected chi connectivity index (χ3v) is 1.34. The van der Waals surface area contributed by atoms with Gasteiger partial charge in [0.05, 0.1) is 6.61 Å². The van der Waals surface area contributed by atoms with Gasteiger partial charge in [-0.15, -0.1) is 0 Å². The average molecular weight is 145 g/mol. The van der Waals surface area contributed by atoms with Crippen LogP contribution in [0.1, 0.15) is 33.1 Å². The Kier molecular flexibility index (Phi) is 6.98. The summed E-state index contributed by atoms with van der Waals surface area (Å²) < 4.78 is 5.27. The van der Waals surface area contributed by atoms with Gasteiger partial charge in [-0.05, 0) is 12.8 Å². The monoisotopic (exact) mass is 145 g/mol. The molecule has 0 amide bonds. The number of hydrogen-bond donors (Lipinski definition) is 1. The summed E-state index contributed by atoms with van der Waals surface area (Å²) in [7, 11) is 0. The van der Waals surface area contributed by atoms with E-state index in [4.69, 9.17) is 10.5 Å². The smallest absolute Gasteiger partial charge is 0.0617 e. The Morgan fingerprint density at radius 3 is 2.50 bits per heavy atom. The van der Waals surface area contributed by atoms with Crippen molar-refractivity contribution in [3.8, 4) is 0 Å². The second kappa shape index (κ2) is 7.03. The fraction of sp³-hybridized carbons (Fsp3) is 1.00. The second-order valence-electron chi connectivity index (χ2n) is 2.62. The lowest BCUT2D eigenvalue weighted by Crippen LogP contribution is -2.25. The molecule has 0 aromatic heterocycles. The first kappa shape index (κ1) is 9.92. The van der Waals surface area contributed by atoms with Crippen molar-refractivity contribution in [1.29, 1.82) is 0 Å². The van der Waals surface area contributed by atoms with E-state index < -0.39 is 0 Å². The van der Waals surface area contributed by atoms with E-state index in [1.807, 2.05) is 0 Å². The van der Waals surface area contributed by atoms with E-state index in [1.54, 1.807) is 0 Å². The molecule has 0 aliphatic carbocycles. The SMILES string of the molecule is CCCOCC(N)CCC. The Bertz CT molecular complexity index is 66.3. The van der Waals surface area contributed by atoms with Crippen molar-refractivity contribution in [3.05, 3.63) is 0 Å². The Morgan fingerprint density at radius 1 is 1.30 bits per heavy atom. The van der Waals surface area contributed by atoms with Crippen LogP contribution in [0.3, 0.4) is 0 Å². The molecule has 0 fully saturated rings. The van der Waals surface area contributed by atoms with Crippen LogP contribution in [0.15, 0.2) is 0 Å². The summed E-state index contributed by atoms with van der Waals surface area (Å²) in [6, 6.07) is 0.247. The Balaban J connectivity index is 2.97. The minimum Gasteiger partial charge on any atom is -0.380 e. The number of hydrogen-bond acceptors (Lipinski definition) is 2. The normalized spacial score (nSPS) is 13.5. The van der Waals surface area contributed by atoms with E-state index in [-0.39, 0.29) is 6.04 Å². The molecule has 1 unspecified atom stereocenters. The van der Waals surface area contributed by atoms with Crippen molar-refractivity contribution in [3.63, 3.8) is 0 Å². The van der Waals surface area contributed by atoms with Crippen LogP contribution in [-0.4, -0.2) is 19.3 Å². The van der Waals surface area contributed by atoms with Crippen molar-refractivity contribution < 1.29 is 4.74 Å². The van der Waals surface area contributed by atoms with Gasteiger partial charge in [-0.3, -0.25) is 0 Å². The van der Waals surface area contributed by atoms with E-state index in [9.17, 15) is 0 Å².